The van der Waals surface area contributed by atoms with Crippen molar-refractivity contribution in [2.75, 3.05) is 14.2 Å². The van der Waals surface area contributed by atoms with Crippen LogP contribution in [0.25, 0.3) is 0 Å². The zero-order chi connectivity index (χ0) is 16.3. The number of cyclic esters (lactones) is 1. The van der Waals surface area contributed by atoms with Crippen LogP contribution in [0.4, 0.5) is 0 Å². The number of hydrogen-bond acceptors (Lipinski definition) is 6. The van der Waals surface area contributed by atoms with Crippen LogP contribution in [0.5, 0.6) is 5.75 Å². The van der Waals surface area contributed by atoms with Gasteiger partial charge in [0.2, 0.25) is 5.90 Å². The monoisotopic (exact) mass is 305 g/mol. The van der Waals surface area contributed by atoms with Crippen LogP contribution in [-0.4, -0.2) is 37.6 Å². The van der Waals surface area contributed by atoms with E-state index < -0.39 is 17.5 Å². The third kappa shape index (κ3) is 2.81. The number of ether oxygens (including phenoxy) is 3. The van der Waals surface area contributed by atoms with Gasteiger partial charge < -0.3 is 14.2 Å². The lowest BCUT2D eigenvalue weighted by Gasteiger charge is -2.20. The molecule has 1 aromatic carbocycles. The molecule has 0 amide bonds. The van der Waals surface area contributed by atoms with Gasteiger partial charge in [-0.1, -0.05) is 13.8 Å². The van der Waals surface area contributed by atoms with Crippen molar-refractivity contribution in [1.29, 1.82) is 0 Å². The highest BCUT2D eigenvalue weighted by Crippen LogP contribution is 2.31. The molecule has 0 N–H and O–H groups in total. The molecule has 0 fully saturated rings. The van der Waals surface area contributed by atoms with Crippen LogP contribution in [-0.2, 0) is 19.1 Å². The fraction of sp³-hybridized carbons (Fsp3) is 0.438. The normalized spacial score (nSPS) is 20.6. The number of benzene rings is 1. The summed E-state index contributed by atoms with van der Waals surface area (Å²) in [6, 6.07) is 6.89. The zero-order valence-electron chi connectivity index (χ0n) is 13.1. The number of methoxy groups -OCH3 is 2. The van der Waals surface area contributed by atoms with Crippen molar-refractivity contribution in [2.45, 2.75) is 25.8 Å². The Morgan fingerprint density at radius 1 is 1.27 bits per heavy atom. The van der Waals surface area contributed by atoms with E-state index in [9.17, 15) is 9.59 Å². The average Bonchev–Trinajstić information content (AvgIpc) is 2.83. The Balaban J connectivity index is 2.41. The SMILES string of the molecule is COC(=O)[C@@]1(CC(C)C)N=C(c2ccc(OC)cc2)OC1=O. The van der Waals surface area contributed by atoms with Crippen molar-refractivity contribution < 1.29 is 23.8 Å². The second kappa shape index (κ2) is 6.17. The first-order chi connectivity index (χ1) is 10.4. The molecule has 0 bridgehead atoms. The second-order valence-electron chi connectivity index (χ2n) is 5.48. The summed E-state index contributed by atoms with van der Waals surface area (Å²) < 4.78 is 15.1. The lowest BCUT2D eigenvalue weighted by molar-refractivity contribution is -0.156. The average molecular weight is 305 g/mol. The van der Waals surface area contributed by atoms with Crippen molar-refractivity contribution in [3.8, 4) is 5.75 Å². The number of nitrogens with zero attached hydrogens (tertiary/aromatic N) is 1. The number of esters is 2. The van der Waals surface area contributed by atoms with Gasteiger partial charge in [-0.3, -0.25) is 0 Å². The summed E-state index contributed by atoms with van der Waals surface area (Å²) >= 11 is 0. The molecule has 118 valence electrons. The molecular weight excluding hydrogens is 286 g/mol. The number of carbonyl (C=O) groups is 2. The van der Waals surface area contributed by atoms with Crippen molar-refractivity contribution in [3.63, 3.8) is 0 Å². The van der Waals surface area contributed by atoms with Crippen molar-refractivity contribution in [2.24, 2.45) is 10.9 Å². The first-order valence-corrected chi connectivity index (χ1v) is 6.98. The third-order valence-electron chi connectivity index (χ3n) is 3.38. The fourth-order valence-electron chi connectivity index (χ4n) is 2.37. The molecule has 0 radical (unpaired) electrons. The Hall–Kier alpha value is -2.37. The largest absolute Gasteiger partial charge is 0.497 e. The zero-order valence-corrected chi connectivity index (χ0v) is 13.1. The number of aliphatic imine (C=N–C) groups is 1. The van der Waals surface area contributed by atoms with Crippen LogP contribution in [0.2, 0.25) is 0 Å². The predicted molar refractivity (Wildman–Crippen MR) is 79.8 cm³/mol. The van der Waals surface area contributed by atoms with Gasteiger partial charge in [-0.05, 0) is 36.6 Å². The lowest BCUT2D eigenvalue weighted by atomic mass is 9.90. The fourth-order valence-corrected chi connectivity index (χ4v) is 2.37. The Bertz CT molecular complexity index is 605. The summed E-state index contributed by atoms with van der Waals surface area (Å²) in [5, 5.41) is 0. The molecule has 0 aliphatic carbocycles. The van der Waals surface area contributed by atoms with Gasteiger partial charge in [-0.15, -0.1) is 0 Å². The minimum Gasteiger partial charge on any atom is -0.497 e. The van der Waals surface area contributed by atoms with Gasteiger partial charge >= 0.3 is 11.9 Å². The van der Waals surface area contributed by atoms with E-state index >= 15 is 0 Å². The molecule has 0 aromatic heterocycles. The summed E-state index contributed by atoms with van der Waals surface area (Å²) in [4.78, 5) is 28.7. The Kier molecular flexibility index (Phi) is 4.49. The van der Waals surface area contributed by atoms with Gasteiger partial charge in [0.05, 0.1) is 14.2 Å². The molecular formula is C16H19NO5. The number of carbonyl (C=O) groups excluding carboxylic acids is 2. The summed E-state index contributed by atoms with van der Waals surface area (Å²) in [7, 11) is 2.80. The molecule has 0 saturated carbocycles. The van der Waals surface area contributed by atoms with Crippen molar-refractivity contribution in [3.05, 3.63) is 29.8 Å². The second-order valence-corrected chi connectivity index (χ2v) is 5.48. The molecule has 22 heavy (non-hydrogen) atoms. The molecule has 1 aliphatic heterocycles. The number of rotatable bonds is 5. The van der Waals surface area contributed by atoms with E-state index in [1.54, 1.807) is 31.4 Å². The van der Waals surface area contributed by atoms with E-state index in [1.807, 2.05) is 13.8 Å². The van der Waals surface area contributed by atoms with E-state index in [0.717, 1.165) is 0 Å². The molecule has 0 unspecified atom stereocenters. The molecule has 1 atom stereocenters. The molecule has 6 heteroatoms. The maximum absolute atomic E-state index is 12.3. The number of hydrogen-bond donors (Lipinski definition) is 0. The van der Waals surface area contributed by atoms with Crippen LogP contribution < -0.4 is 4.74 Å². The highest BCUT2D eigenvalue weighted by Gasteiger charge is 2.54. The van der Waals surface area contributed by atoms with E-state index in [1.165, 1.54) is 7.11 Å². The van der Waals surface area contributed by atoms with Crippen LogP contribution in [0.3, 0.4) is 0 Å². The van der Waals surface area contributed by atoms with E-state index in [4.69, 9.17) is 14.2 Å². The van der Waals surface area contributed by atoms with Gasteiger partial charge in [0.15, 0.2) is 0 Å². The summed E-state index contributed by atoms with van der Waals surface area (Å²) in [6.45, 7) is 3.80. The third-order valence-corrected chi connectivity index (χ3v) is 3.38. The smallest absolute Gasteiger partial charge is 0.352 e. The Morgan fingerprint density at radius 3 is 2.41 bits per heavy atom. The quantitative estimate of drug-likeness (QED) is 0.614. The Morgan fingerprint density at radius 2 is 1.91 bits per heavy atom. The maximum atomic E-state index is 12.3. The molecule has 1 aromatic rings. The molecule has 0 saturated heterocycles. The standard InChI is InChI=1S/C16H19NO5/c1-10(2)9-16(14(18)21-4)15(19)22-13(17-16)11-5-7-12(20-3)8-6-11/h5-8,10H,9H2,1-4H3/t16-/m1/s1. The first-order valence-electron chi connectivity index (χ1n) is 6.98. The van der Waals surface area contributed by atoms with E-state index in [0.29, 0.717) is 11.3 Å². The van der Waals surface area contributed by atoms with Gasteiger partial charge in [0.25, 0.3) is 5.54 Å². The topological polar surface area (TPSA) is 74.2 Å². The van der Waals surface area contributed by atoms with Crippen molar-refractivity contribution >= 4 is 17.8 Å². The molecule has 1 aliphatic rings. The lowest BCUT2D eigenvalue weighted by Crippen LogP contribution is -2.44. The summed E-state index contributed by atoms with van der Waals surface area (Å²) in [6.07, 6.45) is 0.234. The summed E-state index contributed by atoms with van der Waals surface area (Å²) in [5.74, 6) is -0.520. The molecule has 1 heterocycles. The van der Waals surface area contributed by atoms with Crippen molar-refractivity contribution in [1.82, 2.24) is 0 Å². The van der Waals surface area contributed by atoms with Gasteiger partial charge in [-0.25, -0.2) is 14.6 Å². The first kappa shape index (κ1) is 16.0. The molecule has 2 rings (SSSR count). The van der Waals surface area contributed by atoms with Gasteiger partial charge in [0.1, 0.15) is 5.75 Å². The minimum atomic E-state index is -1.61. The molecule has 6 nitrogen and oxygen atoms in total. The predicted octanol–water partition coefficient (Wildman–Crippen LogP) is 1.96. The van der Waals surface area contributed by atoms with E-state index in [-0.39, 0.29) is 18.2 Å². The summed E-state index contributed by atoms with van der Waals surface area (Å²) in [5.41, 5.74) is -1.01. The van der Waals surface area contributed by atoms with Crippen LogP contribution >= 0.6 is 0 Å². The van der Waals surface area contributed by atoms with Crippen LogP contribution in [0, 0.1) is 5.92 Å². The highest BCUT2D eigenvalue weighted by molar-refractivity contribution is 6.17. The van der Waals surface area contributed by atoms with Crippen LogP contribution in [0.15, 0.2) is 29.3 Å². The van der Waals surface area contributed by atoms with Gasteiger partial charge in [0, 0.05) is 5.56 Å². The molecule has 0 spiro atoms. The maximum Gasteiger partial charge on any atom is 0.352 e. The highest BCUT2D eigenvalue weighted by atomic mass is 16.6. The van der Waals surface area contributed by atoms with Gasteiger partial charge in [-0.2, -0.15) is 0 Å². The Labute approximate surface area is 129 Å². The minimum absolute atomic E-state index is 0.0746. The van der Waals surface area contributed by atoms with E-state index in [2.05, 4.69) is 4.99 Å². The van der Waals surface area contributed by atoms with Crippen LogP contribution in [0.1, 0.15) is 25.8 Å².